The lowest BCUT2D eigenvalue weighted by molar-refractivity contribution is -0.114. The molecule has 3 amide bonds. The first kappa shape index (κ1) is 18.6. The summed E-state index contributed by atoms with van der Waals surface area (Å²) < 4.78 is 0. The molecule has 2 N–H and O–H groups in total. The molecule has 2 aromatic carbocycles. The van der Waals surface area contributed by atoms with Crippen molar-refractivity contribution in [2.45, 2.75) is 25.8 Å². The second kappa shape index (κ2) is 8.49. The molecule has 0 saturated carbocycles. The number of benzene rings is 2. The van der Waals surface area contributed by atoms with Gasteiger partial charge in [0.05, 0.1) is 0 Å². The number of likely N-dealkylation sites (tertiary alicyclic amines) is 1. The van der Waals surface area contributed by atoms with Crippen molar-refractivity contribution in [2.75, 3.05) is 18.4 Å². The first-order valence-electron chi connectivity index (χ1n) is 9.06. The van der Waals surface area contributed by atoms with Crippen LogP contribution in [0.4, 0.5) is 5.69 Å². The number of hydrogen-bond acceptors (Lipinski definition) is 3. The summed E-state index contributed by atoms with van der Waals surface area (Å²) in [5, 5.41) is 5.70. The van der Waals surface area contributed by atoms with Crippen LogP contribution in [0.15, 0.2) is 54.6 Å². The van der Waals surface area contributed by atoms with Crippen LogP contribution in [0, 0.1) is 0 Å². The molecule has 1 fully saturated rings. The van der Waals surface area contributed by atoms with Gasteiger partial charge >= 0.3 is 0 Å². The molecule has 0 radical (unpaired) electrons. The monoisotopic (exact) mass is 365 g/mol. The van der Waals surface area contributed by atoms with E-state index in [0.29, 0.717) is 29.9 Å². The SMILES string of the molecule is CC(=O)Nc1cccc(C(=O)NC2CCN(C(=O)c3ccccc3)CC2)c1. The van der Waals surface area contributed by atoms with Crippen LogP contribution in [-0.4, -0.2) is 41.8 Å². The summed E-state index contributed by atoms with van der Waals surface area (Å²) in [5.41, 5.74) is 1.79. The lowest BCUT2D eigenvalue weighted by atomic mass is 10.0. The van der Waals surface area contributed by atoms with E-state index in [1.165, 1.54) is 6.92 Å². The van der Waals surface area contributed by atoms with E-state index in [2.05, 4.69) is 10.6 Å². The van der Waals surface area contributed by atoms with E-state index in [9.17, 15) is 14.4 Å². The lowest BCUT2D eigenvalue weighted by Gasteiger charge is -2.32. The number of nitrogens with one attached hydrogen (secondary N) is 2. The number of rotatable bonds is 4. The van der Waals surface area contributed by atoms with Crippen LogP contribution in [0.25, 0.3) is 0 Å². The number of carbonyl (C=O) groups excluding carboxylic acids is 3. The number of carbonyl (C=O) groups is 3. The van der Waals surface area contributed by atoms with Crippen molar-refractivity contribution >= 4 is 23.4 Å². The summed E-state index contributed by atoms with van der Waals surface area (Å²) in [6.07, 6.45) is 1.44. The molecule has 3 rings (SSSR count). The molecule has 6 heteroatoms. The van der Waals surface area contributed by atoms with Gasteiger partial charge in [-0.15, -0.1) is 0 Å². The van der Waals surface area contributed by atoms with Gasteiger partial charge in [0.15, 0.2) is 0 Å². The van der Waals surface area contributed by atoms with E-state index in [0.717, 1.165) is 12.8 Å². The number of piperidine rings is 1. The smallest absolute Gasteiger partial charge is 0.253 e. The fraction of sp³-hybridized carbons (Fsp3) is 0.286. The third-order valence-electron chi connectivity index (χ3n) is 4.58. The Hall–Kier alpha value is -3.15. The largest absolute Gasteiger partial charge is 0.349 e. The minimum Gasteiger partial charge on any atom is -0.349 e. The van der Waals surface area contributed by atoms with Crippen LogP contribution in [-0.2, 0) is 4.79 Å². The summed E-state index contributed by atoms with van der Waals surface area (Å²) in [5.74, 6) is -0.318. The van der Waals surface area contributed by atoms with E-state index >= 15 is 0 Å². The molecule has 1 aliphatic rings. The maximum Gasteiger partial charge on any atom is 0.253 e. The Labute approximate surface area is 158 Å². The first-order valence-corrected chi connectivity index (χ1v) is 9.06. The van der Waals surface area contributed by atoms with Gasteiger partial charge in [0.2, 0.25) is 5.91 Å². The van der Waals surface area contributed by atoms with Gasteiger partial charge in [0, 0.05) is 42.9 Å². The van der Waals surface area contributed by atoms with Gasteiger partial charge in [-0.25, -0.2) is 0 Å². The summed E-state index contributed by atoms with van der Waals surface area (Å²) >= 11 is 0. The van der Waals surface area contributed by atoms with Gasteiger partial charge in [-0.05, 0) is 43.2 Å². The van der Waals surface area contributed by atoms with Gasteiger partial charge in [0.25, 0.3) is 11.8 Å². The molecule has 0 spiro atoms. The number of hydrogen-bond donors (Lipinski definition) is 2. The molecular formula is C21H23N3O3. The number of nitrogens with zero attached hydrogens (tertiary/aromatic N) is 1. The Kier molecular flexibility index (Phi) is 5.86. The van der Waals surface area contributed by atoms with Crippen molar-refractivity contribution in [1.82, 2.24) is 10.2 Å². The van der Waals surface area contributed by atoms with E-state index in [4.69, 9.17) is 0 Å². The molecule has 2 aromatic rings. The van der Waals surface area contributed by atoms with Gasteiger partial charge in [-0.2, -0.15) is 0 Å². The highest BCUT2D eigenvalue weighted by Gasteiger charge is 2.24. The van der Waals surface area contributed by atoms with Gasteiger partial charge in [0.1, 0.15) is 0 Å². The standard InChI is InChI=1S/C21H23N3O3/c1-15(25)22-19-9-5-8-17(14-19)20(26)23-18-10-12-24(13-11-18)21(27)16-6-3-2-4-7-16/h2-9,14,18H,10-13H2,1H3,(H,22,25)(H,23,26). The summed E-state index contributed by atoms with van der Waals surface area (Å²) in [6.45, 7) is 2.66. The third-order valence-corrected chi connectivity index (χ3v) is 4.58. The minimum atomic E-state index is -0.178. The molecule has 0 atom stereocenters. The quantitative estimate of drug-likeness (QED) is 0.874. The van der Waals surface area contributed by atoms with E-state index < -0.39 is 0 Å². The zero-order chi connectivity index (χ0) is 19.2. The summed E-state index contributed by atoms with van der Waals surface area (Å²) in [7, 11) is 0. The van der Waals surface area contributed by atoms with Crippen LogP contribution in [0.2, 0.25) is 0 Å². The fourth-order valence-electron chi connectivity index (χ4n) is 3.20. The van der Waals surface area contributed by atoms with E-state index in [-0.39, 0.29) is 23.8 Å². The molecule has 0 bridgehead atoms. The van der Waals surface area contributed by atoms with Crippen LogP contribution in [0.1, 0.15) is 40.5 Å². The highest BCUT2D eigenvalue weighted by molar-refractivity contribution is 5.97. The highest BCUT2D eigenvalue weighted by Crippen LogP contribution is 2.16. The normalized spacial score (nSPS) is 14.5. The van der Waals surface area contributed by atoms with E-state index in [1.54, 1.807) is 24.3 Å². The Bertz CT molecular complexity index is 828. The zero-order valence-corrected chi connectivity index (χ0v) is 15.3. The fourth-order valence-corrected chi connectivity index (χ4v) is 3.20. The number of anilines is 1. The van der Waals surface area contributed by atoms with Crippen molar-refractivity contribution in [2.24, 2.45) is 0 Å². The van der Waals surface area contributed by atoms with Crippen molar-refractivity contribution in [1.29, 1.82) is 0 Å². The summed E-state index contributed by atoms with van der Waals surface area (Å²) in [4.78, 5) is 37.9. The van der Waals surface area contributed by atoms with Gasteiger partial charge < -0.3 is 15.5 Å². The third kappa shape index (κ3) is 4.94. The maximum absolute atomic E-state index is 12.5. The predicted octanol–water partition coefficient (Wildman–Crippen LogP) is 2.68. The van der Waals surface area contributed by atoms with Crippen molar-refractivity contribution < 1.29 is 14.4 Å². The molecule has 0 aromatic heterocycles. The molecule has 27 heavy (non-hydrogen) atoms. The Morgan fingerprint density at radius 2 is 1.59 bits per heavy atom. The zero-order valence-electron chi connectivity index (χ0n) is 15.3. The molecule has 1 saturated heterocycles. The van der Waals surface area contributed by atoms with Gasteiger partial charge in [-0.3, -0.25) is 14.4 Å². The second-order valence-electron chi connectivity index (χ2n) is 6.67. The van der Waals surface area contributed by atoms with Crippen molar-refractivity contribution in [3.05, 3.63) is 65.7 Å². The minimum absolute atomic E-state index is 0.0294. The maximum atomic E-state index is 12.5. The Balaban J connectivity index is 1.54. The topological polar surface area (TPSA) is 78.5 Å². The molecule has 6 nitrogen and oxygen atoms in total. The molecule has 1 aliphatic heterocycles. The summed E-state index contributed by atoms with van der Waals surface area (Å²) in [6, 6.07) is 16.1. The van der Waals surface area contributed by atoms with Crippen molar-refractivity contribution in [3.63, 3.8) is 0 Å². The first-order chi connectivity index (χ1) is 13.0. The van der Waals surface area contributed by atoms with E-state index in [1.807, 2.05) is 35.2 Å². The lowest BCUT2D eigenvalue weighted by Crippen LogP contribution is -2.46. The van der Waals surface area contributed by atoms with Crippen LogP contribution in [0.3, 0.4) is 0 Å². The molecular weight excluding hydrogens is 342 g/mol. The van der Waals surface area contributed by atoms with Crippen LogP contribution in [0.5, 0.6) is 0 Å². The average Bonchev–Trinajstić information content (AvgIpc) is 2.68. The average molecular weight is 365 g/mol. The second-order valence-corrected chi connectivity index (χ2v) is 6.67. The molecule has 0 unspecified atom stereocenters. The number of amides is 3. The van der Waals surface area contributed by atoms with Crippen LogP contribution < -0.4 is 10.6 Å². The molecule has 140 valence electrons. The van der Waals surface area contributed by atoms with Crippen molar-refractivity contribution in [3.8, 4) is 0 Å². The Morgan fingerprint density at radius 1 is 0.926 bits per heavy atom. The predicted molar refractivity (Wildman–Crippen MR) is 104 cm³/mol. The van der Waals surface area contributed by atoms with Crippen LogP contribution >= 0.6 is 0 Å². The Morgan fingerprint density at radius 3 is 2.26 bits per heavy atom. The van der Waals surface area contributed by atoms with Gasteiger partial charge in [-0.1, -0.05) is 24.3 Å². The molecule has 1 heterocycles. The highest BCUT2D eigenvalue weighted by atomic mass is 16.2. The molecule has 0 aliphatic carbocycles.